The molecule has 2 unspecified atom stereocenters. The summed E-state index contributed by atoms with van der Waals surface area (Å²) in [6.07, 6.45) is 2.37. The second kappa shape index (κ2) is 4.56. The van der Waals surface area contributed by atoms with Gasteiger partial charge in [0.15, 0.2) is 0 Å². The van der Waals surface area contributed by atoms with Crippen molar-refractivity contribution in [1.82, 2.24) is 4.98 Å². The maximum absolute atomic E-state index is 9.96. The minimum absolute atomic E-state index is 0.291. The van der Waals surface area contributed by atoms with Gasteiger partial charge in [-0.05, 0) is 30.9 Å². The first-order valence-corrected chi connectivity index (χ1v) is 5.17. The highest BCUT2D eigenvalue weighted by molar-refractivity contribution is 5.24. The third-order valence-corrected chi connectivity index (χ3v) is 2.89. The number of aliphatic hydroxyl groups excluding tert-OH is 1. The molecule has 0 saturated heterocycles. The van der Waals surface area contributed by atoms with Crippen molar-refractivity contribution >= 4 is 0 Å². The Balaban J connectivity index is 2.91. The van der Waals surface area contributed by atoms with E-state index in [0.717, 1.165) is 23.2 Å². The Morgan fingerprint density at radius 2 is 2.07 bits per heavy atom. The van der Waals surface area contributed by atoms with Crippen molar-refractivity contribution in [2.24, 2.45) is 5.92 Å². The van der Waals surface area contributed by atoms with Gasteiger partial charge in [-0.25, -0.2) is 0 Å². The second-order valence-corrected chi connectivity index (χ2v) is 4.00. The molecule has 1 aromatic heterocycles. The van der Waals surface area contributed by atoms with E-state index >= 15 is 0 Å². The third kappa shape index (κ3) is 2.32. The predicted octanol–water partition coefficient (Wildman–Crippen LogP) is 2.78. The van der Waals surface area contributed by atoms with E-state index in [1.807, 2.05) is 19.9 Å². The Labute approximate surface area is 86.0 Å². The van der Waals surface area contributed by atoms with Gasteiger partial charge < -0.3 is 5.11 Å². The molecule has 0 aromatic carbocycles. The second-order valence-electron chi connectivity index (χ2n) is 4.00. The Morgan fingerprint density at radius 3 is 2.57 bits per heavy atom. The lowest BCUT2D eigenvalue weighted by molar-refractivity contribution is 0.115. The number of rotatable bonds is 3. The first kappa shape index (κ1) is 11.2. The van der Waals surface area contributed by atoms with Gasteiger partial charge in [-0.2, -0.15) is 0 Å². The largest absolute Gasteiger partial charge is 0.388 e. The molecular weight excluding hydrogens is 174 g/mol. The first-order valence-electron chi connectivity index (χ1n) is 5.17. The fourth-order valence-electron chi connectivity index (χ4n) is 1.38. The Bertz CT molecular complexity index is 309. The van der Waals surface area contributed by atoms with Crippen LogP contribution in [0.3, 0.4) is 0 Å². The van der Waals surface area contributed by atoms with Crippen molar-refractivity contribution < 1.29 is 5.11 Å². The van der Waals surface area contributed by atoms with E-state index in [0.29, 0.717) is 5.92 Å². The maximum Gasteiger partial charge on any atom is 0.0830 e. The van der Waals surface area contributed by atoms with Gasteiger partial charge in [0, 0.05) is 11.9 Å². The lowest BCUT2D eigenvalue weighted by atomic mass is 9.95. The molecule has 0 spiro atoms. The van der Waals surface area contributed by atoms with Crippen LogP contribution in [0.15, 0.2) is 12.3 Å². The quantitative estimate of drug-likeness (QED) is 0.800. The molecule has 0 amide bonds. The molecule has 0 aliphatic carbocycles. The Kier molecular flexibility index (Phi) is 3.64. The van der Waals surface area contributed by atoms with Crippen molar-refractivity contribution in [3.8, 4) is 0 Å². The van der Waals surface area contributed by atoms with Crippen molar-refractivity contribution in [2.45, 2.75) is 40.2 Å². The number of pyridine rings is 1. The van der Waals surface area contributed by atoms with Crippen LogP contribution >= 0.6 is 0 Å². The Morgan fingerprint density at radius 1 is 1.43 bits per heavy atom. The molecule has 14 heavy (non-hydrogen) atoms. The van der Waals surface area contributed by atoms with Crippen LogP contribution in [0.2, 0.25) is 0 Å². The summed E-state index contributed by atoms with van der Waals surface area (Å²) in [5, 5.41) is 9.96. The normalized spacial score (nSPS) is 15.2. The van der Waals surface area contributed by atoms with E-state index in [1.54, 1.807) is 6.20 Å². The molecule has 0 saturated carbocycles. The highest BCUT2D eigenvalue weighted by atomic mass is 16.3. The fourth-order valence-corrected chi connectivity index (χ4v) is 1.38. The molecular formula is C12H19NO. The van der Waals surface area contributed by atoms with Crippen molar-refractivity contribution in [2.75, 3.05) is 0 Å². The summed E-state index contributed by atoms with van der Waals surface area (Å²) >= 11 is 0. The molecule has 1 rings (SSSR count). The zero-order valence-corrected chi connectivity index (χ0v) is 9.41. The summed E-state index contributed by atoms with van der Waals surface area (Å²) in [4.78, 5) is 4.26. The average Bonchev–Trinajstić information content (AvgIpc) is 2.20. The van der Waals surface area contributed by atoms with Gasteiger partial charge in [-0.1, -0.05) is 26.3 Å². The van der Waals surface area contributed by atoms with Gasteiger partial charge >= 0.3 is 0 Å². The van der Waals surface area contributed by atoms with Crippen LogP contribution in [0.1, 0.15) is 43.2 Å². The Hall–Kier alpha value is -0.890. The lowest BCUT2D eigenvalue weighted by Gasteiger charge is -2.17. The van der Waals surface area contributed by atoms with Crippen LogP contribution in [0, 0.1) is 19.8 Å². The topological polar surface area (TPSA) is 33.1 Å². The summed E-state index contributed by atoms with van der Waals surface area (Å²) in [6, 6.07) is 2.03. The summed E-state index contributed by atoms with van der Waals surface area (Å²) < 4.78 is 0. The zero-order valence-electron chi connectivity index (χ0n) is 9.41. The SMILES string of the molecule is CCC(C)C(O)c1cnc(C)c(C)c1. The molecule has 78 valence electrons. The van der Waals surface area contributed by atoms with Gasteiger partial charge in [0.05, 0.1) is 6.10 Å². The minimum Gasteiger partial charge on any atom is -0.388 e. The van der Waals surface area contributed by atoms with E-state index in [9.17, 15) is 5.11 Å². The highest BCUT2D eigenvalue weighted by Crippen LogP contribution is 2.24. The van der Waals surface area contributed by atoms with Crippen LogP contribution in [0.4, 0.5) is 0 Å². The van der Waals surface area contributed by atoms with Crippen LogP contribution in [0.25, 0.3) is 0 Å². The zero-order chi connectivity index (χ0) is 10.7. The smallest absolute Gasteiger partial charge is 0.0830 e. The predicted molar refractivity (Wildman–Crippen MR) is 58.1 cm³/mol. The van der Waals surface area contributed by atoms with Crippen LogP contribution in [0.5, 0.6) is 0 Å². The van der Waals surface area contributed by atoms with Gasteiger partial charge in [0.25, 0.3) is 0 Å². The molecule has 1 heterocycles. The number of aliphatic hydroxyl groups is 1. The number of aromatic nitrogens is 1. The van der Waals surface area contributed by atoms with E-state index in [-0.39, 0.29) is 6.10 Å². The van der Waals surface area contributed by atoms with Crippen LogP contribution in [-0.4, -0.2) is 10.1 Å². The molecule has 2 nitrogen and oxygen atoms in total. The maximum atomic E-state index is 9.96. The molecule has 0 aliphatic heterocycles. The number of nitrogens with zero attached hydrogens (tertiary/aromatic N) is 1. The van der Waals surface area contributed by atoms with Crippen molar-refractivity contribution in [1.29, 1.82) is 0 Å². The molecule has 0 fully saturated rings. The molecule has 2 heteroatoms. The molecule has 1 aromatic rings. The van der Waals surface area contributed by atoms with Gasteiger partial charge in [-0.3, -0.25) is 4.98 Å². The molecule has 0 bridgehead atoms. The fraction of sp³-hybridized carbons (Fsp3) is 0.583. The van der Waals surface area contributed by atoms with E-state index < -0.39 is 0 Å². The monoisotopic (exact) mass is 193 g/mol. The van der Waals surface area contributed by atoms with E-state index in [1.165, 1.54) is 0 Å². The molecule has 0 radical (unpaired) electrons. The van der Waals surface area contributed by atoms with Crippen LogP contribution < -0.4 is 0 Å². The summed E-state index contributed by atoms with van der Waals surface area (Å²) in [5.74, 6) is 0.291. The van der Waals surface area contributed by atoms with Gasteiger partial charge in [-0.15, -0.1) is 0 Å². The van der Waals surface area contributed by atoms with Crippen molar-refractivity contribution in [3.05, 3.63) is 29.1 Å². The van der Waals surface area contributed by atoms with Crippen molar-refractivity contribution in [3.63, 3.8) is 0 Å². The number of hydrogen-bond acceptors (Lipinski definition) is 2. The minimum atomic E-state index is -0.383. The number of hydrogen-bond donors (Lipinski definition) is 1. The van der Waals surface area contributed by atoms with Gasteiger partial charge in [0.1, 0.15) is 0 Å². The standard InChI is InChI=1S/C12H19NO/c1-5-8(2)12(14)11-6-9(3)10(4)13-7-11/h6-8,12,14H,5H2,1-4H3. The summed E-state index contributed by atoms with van der Waals surface area (Å²) in [5.41, 5.74) is 3.11. The number of aryl methyl sites for hydroxylation is 2. The summed E-state index contributed by atoms with van der Waals surface area (Å²) in [6.45, 7) is 8.14. The molecule has 0 aliphatic rings. The first-order chi connectivity index (χ1) is 6.56. The lowest BCUT2D eigenvalue weighted by Crippen LogP contribution is -2.09. The van der Waals surface area contributed by atoms with Crippen LogP contribution in [-0.2, 0) is 0 Å². The summed E-state index contributed by atoms with van der Waals surface area (Å²) in [7, 11) is 0. The van der Waals surface area contributed by atoms with E-state index in [2.05, 4.69) is 18.8 Å². The third-order valence-electron chi connectivity index (χ3n) is 2.89. The molecule has 1 N–H and O–H groups in total. The van der Waals surface area contributed by atoms with Gasteiger partial charge in [0.2, 0.25) is 0 Å². The molecule has 2 atom stereocenters. The highest BCUT2D eigenvalue weighted by Gasteiger charge is 2.15. The van der Waals surface area contributed by atoms with E-state index in [4.69, 9.17) is 0 Å². The average molecular weight is 193 g/mol.